The van der Waals surface area contributed by atoms with Gasteiger partial charge in [-0.3, -0.25) is 9.36 Å². The number of aromatic nitrogens is 2. The van der Waals surface area contributed by atoms with Crippen molar-refractivity contribution in [3.05, 3.63) is 70.0 Å². The number of anilines is 1. The molecule has 0 radical (unpaired) electrons. The van der Waals surface area contributed by atoms with Crippen molar-refractivity contribution in [1.29, 1.82) is 0 Å². The van der Waals surface area contributed by atoms with E-state index >= 15 is 0 Å². The van der Waals surface area contributed by atoms with Gasteiger partial charge in [-0.1, -0.05) is 12.1 Å². The lowest BCUT2D eigenvalue weighted by Gasteiger charge is -2.24. The molecule has 0 bridgehead atoms. The molecule has 3 aromatic rings. The SMILES string of the molecule is Cc1nc2ccc(N(C)CCC(F)(F)F)cc2c(=O)n1C(c1ccc(F)cc1)C1CC1. The van der Waals surface area contributed by atoms with Crippen molar-refractivity contribution in [2.75, 3.05) is 18.5 Å². The predicted octanol–water partition coefficient (Wildman–Crippen LogP) is 5.23. The highest BCUT2D eigenvalue weighted by Crippen LogP contribution is 2.43. The van der Waals surface area contributed by atoms with E-state index in [-0.39, 0.29) is 29.9 Å². The zero-order valence-electron chi connectivity index (χ0n) is 17.3. The molecule has 1 aliphatic carbocycles. The lowest BCUT2D eigenvalue weighted by molar-refractivity contribution is -0.132. The van der Waals surface area contributed by atoms with Crippen LogP contribution in [0.25, 0.3) is 10.9 Å². The minimum atomic E-state index is -4.25. The number of rotatable bonds is 6. The summed E-state index contributed by atoms with van der Waals surface area (Å²) in [5, 5.41) is 0.356. The van der Waals surface area contributed by atoms with Gasteiger partial charge in [0.1, 0.15) is 11.6 Å². The molecule has 1 unspecified atom stereocenters. The van der Waals surface area contributed by atoms with E-state index in [9.17, 15) is 22.4 Å². The van der Waals surface area contributed by atoms with Crippen LogP contribution in [0.4, 0.5) is 23.2 Å². The number of hydrogen-bond acceptors (Lipinski definition) is 3. The van der Waals surface area contributed by atoms with Gasteiger partial charge in [0.25, 0.3) is 5.56 Å². The maximum absolute atomic E-state index is 13.5. The summed E-state index contributed by atoms with van der Waals surface area (Å²) in [5.74, 6) is 0.473. The highest BCUT2D eigenvalue weighted by molar-refractivity contribution is 5.82. The predicted molar refractivity (Wildman–Crippen MR) is 112 cm³/mol. The Morgan fingerprint density at radius 2 is 1.84 bits per heavy atom. The van der Waals surface area contributed by atoms with Crippen LogP contribution in [0, 0.1) is 18.7 Å². The van der Waals surface area contributed by atoms with Crippen molar-refractivity contribution < 1.29 is 17.6 Å². The smallest absolute Gasteiger partial charge is 0.374 e. The first-order chi connectivity index (χ1) is 14.6. The van der Waals surface area contributed by atoms with Gasteiger partial charge in [0, 0.05) is 19.3 Å². The molecule has 0 amide bonds. The number of hydrogen-bond donors (Lipinski definition) is 0. The molecule has 1 saturated carbocycles. The first-order valence-corrected chi connectivity index (χ1v) is 10.2. The molecule has 1 aliphatic rings. The average Bonchev–Trinajstić information content (AvgIpc) is 3.54. The summed E-state index contributed by atoms with van der Waals surface area (Å²) in [6, 6.07) is 10.8. The van der Waals surface area contributed by atoms with E-state index in [2.05, 4.69) is 4.98 Å². The number of alkyl halides is 3. The molecule has 0 spiro atoms. The van der Waals surface area contributed by atoms with Crippen molar-refractivity contribution >= 4 is 16.6 Å². The Bertz CT molecular complexity index is 1150. The van der Waals surface area contributed by atoms with Crippen molar-refractivity contribution in [3.63, 3.8) is 0 Å². The summed E-state index contributed by atoms with van der Waals surface area (Å²) in [5.41, 5.74) is 1.62. The molecule has 4 nitrogen and oxygen atoms in total. The van der Waals surface area contributed by atoms with E-state index in [0.717, 1.165) is 18.4 Å². The molecule has 0 saturated heterocycles. The monoisotopic (exact) mass is 433 g/mol. The van der Waals surface area contributed by atoms with Gasteiger partial charge in [-0.2, -0.15) is 13.2 Å². The fraction of sp³-hybridized carbons (Fsp3) is 0.391. The van der Waals surface area contributed by atoms with E-state index in [0.29, 0.717) is 22.4 Å². The van der Waals surface area contributed by atoms with Gasteiger partial charge in [0.2, 0.25) is 0 Å². The molecule has 0 N–H and O–H groups in total. The van der Waals surface area contributed by atoms with Crippen LogP contribution in [0.3, 0.4) is 0 Å². The molecule has 164 valence electrons. The number of halogens is 4. The second-order valence-electron chi connectivity index (χ2n) is 8.16. The van der Waals surface area contributed by atoms with Crippen LogP contribution in [0.5, 0.6) is 0 Å². The Morgan fingerprint density at radius 3 is 2.45 bits per heavy atom. The quantitative estimate of drug-likeness (QED) is 0.500. The summed E-state index contributed by atoms with van der Waals surface area (Å²) in [6.45, 7) is 1.56. The van der Waals surface area contributed by atoms with Crippen LogP contribution >= 0.6 is 0 Å². The van der Waals surface area contributed by atoms with Crippen molar-refractivity contribution in [3.8, 4) is 0 Å². The summed E-state index contributed by atoms with van der Waals surface area (Å²) in [4.78, 5) is 19.6. The highest BCUT2D eigenvalue weighted by atomic mass is 19.4. The van der Waals surface area contributed by atoms with E-state index in [1.807, 2.05) is 0 Å². The zero-order chi connectivity index (χ0) is 22.3. The van der Waals surface area contributed by atoms with E-state index < -0.39 is 12.6 Å². The standard InChI is InChI=1S/C23H23F4N3O/c1-14-28-20-10-9-18(29(2)12-11-23(25,26)27)13-19(20)22(31)30(14)21(15-3-4-15)16-5-7-17(24)8-6-16/h5-10,13,15,21H,3-4,11-12H2,1-2H3. The maximum atomic E-state index is 13.5. The van der Waals surface area contributed by atoms with Crippen molar-refractivity contribution in [1.82, 2.24) is 9.55 Å². The third-order valence-corrected chi connectivity index (χ3v) is 5.79. The first-order valence-electron chi connectivity index (χ1n) is 10.2. The Kier molecular flexibility index (Phi) is 5.49. The largest absolute Gasteiger partial charge is 0.390 e. The minimum absolute atomic E-state index is 0.206. The van der Waals surface area contributed by atoms with Gasteiger partial charge in [0.05, 0.1) is 23.4 Å². The van der Waals surface area contributed by atoms with E-state index in [4.69, 9.17) is 0 Å². The van der Waals surface area contributed by atoms with Crippen molar-refractivity contribution in [2.24, 2.45) is 5.92 Å². The molecule has 4 rings (SSSR count). The van der Waals surface area contributed by atoms with Gasteiger partial charge in [-0.15, -0.1) is 0 Å². The van der Waals surface area contributed by atoms with Gasteiger partial charge in [0.15, 0.2) is 0 Å². The molecule has 0 aliphatic heterocycles. The first kappa shape index (κ1) is 21.3. The topological polar surface area (TPSA) is 38.1 Å². The van der Waals surface area contributed by atoms with Gasteiger partial charge < -0.3 is 4.90 Å². The fourth-order valence-electron chi connectivity index (χ4n) is 3.99. The second-order valence-corrected chi connectivity index (χ2v) is 8.16. The van der Waals surface area contributed by atoms with Crippen LogP contribution < -0.4 is 10.5 Å². The van der Waals surface area contributed by atoms with Crippen LogP contribution in [-0.4, -0.2) is 29.3 Å². The third kappa shape index (κ3) is 4.57. The molecular weight excluding hydrogens is 410 g/mol. The molecule has 2 aromatic carbocycles. The summed E-state index contributed by atoms with van der Waals surface area (Å²) < 4.78 is 52.9. The van der Waals surface area contributed by atoms with Crippen LogP contribution in [0.2, 0.25) is 0 Å². The normalized spacial score (nSPS) is 15.3. The highest BCUT2D eigenvalue weighted by Gasteiger charge is 2.35. The Balaban J connectivity index is 1.77. The van der Waals surface area contributed by atoms with Crippen LogP contribution in [0.15, 0.2) is 47.3 Å². The lowest BCUT2D eigenvalue weighted by atomic mass is 10.0. The molecule has 1 heterocycles. The number of benzene rings is 2. The average molecular weight is 433 g/mol. The number of nitrogens with zero attached hydrogens (tertiary/aromatic N) is 3. The summed E-state index contributed by atoms with van der Waals surface area (Å²) >= 11 is 0. The lowest BCUT2D eigenvalue weighted by Crippen LogP contribution is -2.30. The van der Waals surface area contributed by atoms with E-state index in [1.165, 1.54) is 17.0 Å². The molecular formula is C23H23F4N3O. The third-order valence-electron chi connectivity index (χ3n) is 5.79. The van der Waals surface area contributed by atoms with E-state index in [1.54, 1.807) is 48.9 Å². The summed E-state index contributed by atoms with van der Waals surface area (Å²) in [6.07, 6.45) is -3.26. The molecule has 1 fully saturated rings. The van der Waals surface area contributed by atoms with Gasteiger partial charge in [-0.25, -0.2) is 9.37 Å². The fourth-order valence-corrected chi connectivity index (χ4v) is 3.99. The minimum Gasteiger partial charge on any atom is -0.374 e. The van der Waals surface area contributed by atoms with Crippen molar-refractivity contribution in [2.45, 2.75) is 38.4 Å². The Morgan fingerprint density at radius 1 is 1.16 bits per heavy atom. The zero-order valence-corrected chi connectivity index (χ0v) is 17.3. The summed E-state index contributed by atoms with van der Waals surface area (Å²) in [7, 11) is 1.57. The maximum Gasteiger partial charge on any atom is 0.390 e. The molecule has 1 aromatic heterocycles. The van der Waals surface area contributed by atoms with Crippen LogP contribution in [-0.2, 0) is 0 Å². The second kappa shape index (κ2) is 7.98. The molecule has 8 heteroatoms. The Hall–Kier alpha value is -2.90. The molecule has 31 heavy (non-hydrogen) atoms. The molecule has 1 atom stereocenters. The van der Waals surface area contributed by atoms with Crippen LogP contribution in [0.1, 0.15) is 36.7 Å². The number of aryl methyl sites for hydroxylation is 1. The van der Waals surface area contributed by atoms with Gasteiger partial charge >= 0.3 is 6.18 Å². The van der Waals surface area contributed by atoms with Gasteiger partial charge in [-0.05, 0) is 61.6 Å². The Labute approximate surface area is 177 Å². The number of fused-ring (bicyclic) bond motifs is 1.